The second-order valence-electron chi connectivity index (χ2n) is 7.92. The first kappa shape index (κ1) is 25.7. The molecule has 0 fully saturated rings. The van der Waals surface area contributed by atoms with Gasteiger partial charge in [0, 0.05) is 19.4 Å². The summed E-state index contributed by atoms with van der Waals surface area (Å²) in [5.41, 5.74) is 0. The lowest BCUT2D eigenvalue weighted by Crippen LogP contribution is -2.38. The van der Waals surface area contributed by atoms with Crippen molar-refractivity contribution in [1.82, 2.24) is 0 Å². The van der Waals surface area contributed by atoms with Crippen molar-refractivity contribution in [3.8, 4) is 11.8 Å². The van der Waals surface area contributed by atoms with Gasteiger partial charge in [0.25, 0.3) is 0 Å². The van der Waals surface area contributed by atoms with Gasteiger partial charge >= 0.3 is 0 Å². The molecule has 0 aliphatic heterocycles. The van der Waals surface area contributed by atoms with E-state index in [-0.39, 0.29) is 0 Å². The first-order valence-electron chi connectivity index (χ1n) is 11.8. The third-order valence-corrected chi connectivity index (χ3v) is 9.97. The molecule has 0 atom stereocenters. The first-order chi connectivity index (χ1) is 12.7. The Bertz CT molecular complexity index is 320. The second kappa shape index (κ2) is 19.5. The molecule has 0 radical (unpaired) electrons. The summed E-state index contributed by atoms with van der Waals surface area (Å²) in [6.07, 6.45) is 18.2. The maximum absolute atomic E-state index is 6.73. The second-order valence-corrected chi connectivity index (χ2v) is 12.1. The molecular formula is C24H48OSi. The first-order valence-corrected chi connectivity index (χ1v) is 14.4. The van der Waals surface area contributed by atoms with Gasteiger partial charge in [0.15, 0.2) is 8.32 Å². The van der Waals surface area contributed by atoms with E-state index in [0.717, 1.165) is 19.4 Å². The van der Waals surface area contributed by atoms with Gasteiger partial charge in [0.1, 0.15) is 0 Å². The molecule has 0 heterocycles. The number of unbranched alkanes of at least 4 members (excludes halogenated alkanes) is 9. The van der Waals surface area contributed by atoms with Gasteiger partial charge in [-0.25, -0.2) is 0 Å². The van der Waals surface area contributed by atoms with Crippen molar-refractivity contribution in [2.24, 2.45) is 0 Å². The SMILES string of the molecule is CCC#CCCCCCCCCO[Si](CCCC)(CCCC)CCCC. The van der Waals surface area contributed by atoms with Crippen LogP contribution in [0.1, 0.15) is 118 Å². The van der Waals surface area contributed by atoms with E-state index in [1.165, 1.54) is 95.2 Å². The van der Waals surface area contributed by atoms with Crippen LogP contribution >= 0.6 is 0 Å². The Morgan fingerprint density at radius 1 is 0.577 bits per heavy atom. The summed E-state index contributed by atoms with van der Waals surface area (Å²) in [5.74, 6) is 6.41. The van der Waals surface area contributed by atoms with E-state index in [0.29, 0.717) is 0 Å². The standard InChI is InChI=1S/C24H48OSi/c1-5-9-13-14-15-16-17-18-19-20-21-25-26(22-10-6-2,23-11-7-3)24-12-8-4/h5-8,10-12,14-24H2,1-4H3. The van der Waals surface area contributed by atoms with Crippen LogP contribution in [0.4, 0.5) is 0 Å². The number of hydrogen-bond donors (Lipinski definition) is 0. The predicted molar refractivity (Wildman–Crippen MR) is 121 cm³/mol. The van der Waals surface area contributed by atoms with E-state index in [9.17, 15) is 0 Å². The van der Waals surface area contributed by atoms with E-state index < -0.39 is 8.32 Å². The zero-order valence-corrected chi connectivity index (χ0v) is 19.6. The highest BCUT2D eigenvalue weighted by molar-refractivity contribution is 6.73. The van der Waals surface area contributed by atoms with Gasteiger partial charge in [-0.05, 0) is 31.0 Å². The average molecular weight is 381 g/mol. The molecule has 0 saturated carbocycles. The van der Waals surface area contributed by atoms with Gasteiger partial charge in [-0.2, -0.15) is 0 Å². The number of hydrogen-bond acceptors (Lipinski definition) is 1. The molecule has 0 N–H and O–H groups in total. The summed E-state index contributed by atoms with van der Waals surface area (Å²) >= 11 is 0. The molecule has 0 unspecified atom stereocenters. The summed E-state index contributed by atoms with van der Waals surface area (Å²) in [4.78, 5) is 0. The molecule has 0 saturated heterocycles. The molecule has 0 bridgehead atoms. The fraction of sp³-hybridized carbons (Fsp3) is 0.917. The highest BCUT2D eigenvalue weighted by Gasteiger charge is 2.32. The van der Waals surface area contributed by atoms with Crippen molar-refractivity contribution >= 4 is 8.32 Å². The molecule has 0 spiro atoms. The van der Waals surface area contributed by atoms with Crippen LogP contribution in [0.2, 0.25) is 18.1 Å². The minimum Gasteiger partial charge on any atom is -0.417 e. The Morgan fingerprint density at radius 2 is 1.08 bits per heavy atom. The van der Waals surface area contributed by atoms with Crippen LogP contribution < -0.4 is 0 Å². The minimum absolute atomic E-state index is 1.000. The van der Waals surface area contributed by atoms with E-state index in [1.807, 2.05) is 0 Å². The van der Waals surface area contributed by atoms with Crippen LogP contribution in [0.25, 0.3) is 0 Å². The summed E-state index contributed by atoms with van der Waals surface area (Å²) in [6.45, 7) is 10.1. The Morgan fingerprint density at radius 3 is 1.58 bits per heavy atom. The van der Waals surface area contributed by atoms with Gasteiger partial charge in [0.2, 0.25) is 0 Å². The number of rotatable bonds is 18. The molecule has 154 valence electrons. The van der Waals surface area contributed by atoms with Gasteiger partial charge in [-0.1, -0.05) is 91.9 Å². The van der Waals surface area contributed by atoms with Crippen molar-refractivity contribution < 1.29 is 4.43 Å². The van der Waals surface area contributed by atoms with Crippen molar-refractivity contribution in [2.45, 2.75) is 136 Å². The Balaban J connectivity index is 4.02. The highest BCUT2D eigenvalue weighted by Crippen LogP contribution is 2.30. The van der Waals surface area contributed by atoms with Crippen molar-refractivity contribution in [2.75, 3.05) is 6.61 Å². The Kier molecular flexibility index (Phi) is 19.3. The van der Waals surface area contributed by atoms with Crippen molar-refractivity contribution in [3.63, 3.8) is 0 Å². The predicted octanol–water partition coefficient (Wildman–Crippen LogP) is 8.49. The monoisotopic (exact) mass is 380 g/mol. The summed E-state index contributed by atoms with van der Waals surface area (Å²) < 4.78 is 6.73. The van der Waals surface area contributed by atoms with Crippen LogP contribution in [-0.2, 0) is 4.43 Å². The van der Waals surface area contributed by atoms with Crippen molar-refractivity contribution in [3.05, 3.63) is 0 Å². The van der Waals surface area contributed by atoms with Crippen LogP contribution in [0.5, 0.6) is 0 Å². The van der Waals surface area contributed by atoms with E-state index in [4.69, 9.17) is 4.43 Å². The van der Waals surface area contributed by atoms with Crippen molar-refractivity contribution in [1.29, 1.82) is 0 Å². The fourth-order valence-corrected chi connectivity index (χ4v) is 8.37. The molecule has 1 nitrogen and oxygen atoms in total. The minimum atomic E-state index is -1.47. The zero-order chi connectivity index (χ0) is 19.3. The molecule has 0 aromatic rings. The third-order valence-electron chi connectivity index (χ3n) is 5.36. The molecule has 0 aliphatic carbocycles. The molecule has 0 aliphatic rings. The van der Waals surface area contributed by atoms with Gasteiger partial charge in [0.05, 0.1) is 0 Å². The summed E-state index contributed by atoms with van der Waals surface area (Å²) in [7, 11) is -1.47. The third kappa shape index (κ3) is 14.9. The average Bonchev–Trinajstić information content (AvgIpc) is 2.66. The van der Waals surface area contributed by atoms with Crippen LogP contribution in [0.15, 0.2) is 0 Å². The highest BCUT2D eigenvalue weighted by atomic mass is 28.4. The van der Waals surface area contributed by atoms with Crippen LogP contribution in [0.3, 0.4) is 0 Å². The quantitative estimate of drug-likeness (QED) is 0.131. The van der Waals surface area contributed by atoms with Crippen LogP contribution in [-0.4, -0.2) is 14.9 Å². The van der Waals surface area contributed by atoms with Crippen LogP contribution in [0, 0.1) is 11.8 Å². The largest absolute Gasteiger partial charge is 0.417 e. The molecule has 2 heteroatoms. The van der Waals surface area contributed by atoms with Gasteiger partial charge in [-0.3, -0.25) is 0 Å². The molecular weight excluding hydrogens is 332 g/mol. The molecule has 0 rings (SSSR count). The lowest BCUT2D eigenvalue weighted by atomic mass is 10.1. The van der Waals surface area contributed by atoms with E-state index in [1.54, 1.807) is 0 Å². The normalized spacial score (nSPS) is 11.4. The maximum Gasteiger partial charge on any atom is 0.192 e. The summed E-state index contributed by atoms with van der Waals surface area (Å²) in [5, 5.41) is 0. The smallest absolute Gasteiger partial charge is 0.192 e. The Hall–Kier alpha value is -0.263. The molecule has 0 amide bonds. The lowest BCUT2D eigenvalue weighted by molar-refractivity contribution is 0.282. The van der Waals surface area contributed by atoms with E-state index in [2.05, 4.69) is 39.5 Å². The molecule has 0 aromatic carbocycles. The molecule has 0 aromatic heterocycles. The maximum atomic E-state index is 6.73. The molecule has 26 heavy (non-hydrogen) atoms. The topological polar surface area (TPSA) is 9.23 Å². The van der Waals surface area contributed by atoms with Gasteiger partial charge < -0.3 is 4.43 Å². The van der Waals surface area contributed by atoms with E-state index >= 15 is 0 Å². The zero-order valence-electron chi connectivity index (χ0n) is 18.6. The Labute approximate surface area is 167 Å². The lowest BCUT2D eigenvalue weighted by Gasteiger charge is -2.32. The fourth-order valence-electron chi connectivity index (χ4n) is 3.61. The van der Waals surface area contributed by atoms with Gasteiger partial charge in [-0.15, -0.1) is 11.8 Å². The summed E-state index contributed by atoms with van der Waals surface area (Å²) in [6, 6.07) is 4.22.